The van der Waals surface area contributed by atoms with Crippen molar-refractivity contribution >= 4 is 10.2 Å². The Kier molecular flexibility index (Phi) is 8.03. The van der Waals surface area contributed by atoms with Gasteiger partial charge in [0.05, 0.1) is 0 Å². The van der Waals surface area contributed by atoms with Gasteiger partial charge in [0.25, 0.3) is 10.2 Å². The number of benzene rings is 1. The van der Waals surface area contributed by atoms with Gasteiger partial charge < -0.3 is 0 Å². The van der Waals surface area contributed by atoms with E-state index in [1.807, 2.05) is 32.0 Å². The van der Waals surface area contributed by atoms with E-state index in [-0.39, 0.29) is 6.04 Å². The molecule has 1 atom stereocenters. The first-order chi connectivity index (χ1) is 10.3. The molecule has 0 aliphatic carbocycles. The van der Waals surface area contributed by atoms with Crippen LogP contribution in [-0.2, 0) is 16.8 Å². The number of rotatable bonds is 10. The molecule has 0 amide bonds. The summed E-state index contributed by atoms with van der Waals surface area (Å²) in [7, 11) is -3.41. The Morgan fingerprint density at radius 3 is 2.32 bits per heavy atom. The first-order valence-corrected chi connectivity index (χ1v) is 9.37. The molecule has 0 aliphatic heterocycles. The first-order valence-electron chi connectivity index (χ1n) is 7.89. The van der Waals surface area contributed by atoms with Crippen LogP contribution in [0.3, 0.4) is 0 Å². The molecule has 1 aromatic rings. The fraction of sp³-hybridized carbons (Fsp3) is 0.625. The van der Waals surface area contributed by atoms with Crippen LogP contribution in [0.1, 0.15) is 39.7 Å². The second kappa shape index (κ2) is 9.25. The number of nitrogens with zero attached hydrogens (tertiary/aromatic N) is 1. The summed E-state index contributed by atoms with van der Waals surface area (Å²) in [5.74, 6) is 0. The van der Waals surface area contributed by atoms with Crippen molar-refractivity contribution in [3.8, 4) is 0 Å². The maximum absolute atomic E-state index is 11.9. The fourth-order valence-corrected chi connectivity index (χ4v) is 3.37. The third-order valence-corrected chi connectivity index (χ3v) is 4.66. The maximum atomic E-state index is 11.9. The van der Waals surface area contributed by atoms with E-state index in [0.717, 1.165) is 13.0 Å². The molecule has 22 heavy (non-hydrogen) atoms. The molecule has 0 aromatic heterocycles. The van der Waals surface area contributed by atoms with E-state index in [0.29, 0.717) is 19.1 Å². The lowest BCUT2D eigenvalue weighted by Gasteiger charge is -2.29. The summed E-state index contributed by atoms with van der Waals surface area (Å²) in [5.41, 5.74) is 1.23. The molecule has 1 unspecified atom stereocenters. The average molecular weight is 327 g/mol. The van der Waals surface area contributed by atoms with Crippen LogP contribution in [0.25, 0.3) is 0 Å². The fourth-order valence-electron chi connectivity index (χ4n) is 2.21. The SMILES string of the molecule is CCCNS(=O)(=O)NC(C)CN(Cc1ccccc1)C(C)C. The average Bonchev–Trinajstić information content (AvgIpc) is 2.45. The molecule has 5 nitrogen and oxygen atoms in total. The summed E-state index contributed by atoms with van der Waals surface area (Å²) in [6.07, 6.45) is 0.779. The minimum absolute atomic E-state index is 0.152. The van der Waals surface area contributed by atoms with Crippen LogP contribution in [0.2, 0.25) is 0 Å². The largest absolute Gasteiger partial charge is 0.295 e. The van der Waals surface area contributed by atoms with Crippen LogP contribution in [-0.4, -0.2) is 38.5 Å². The standard InChI is InChI=1S/C16H29N3O2S/c1-5-11-17-22(20,21)18-15(4)12-19(14(2)3)13-16-9-7-6-8-10-16/h6-10,14-15,17-18H,5,11-13H2,1-4H3. The van der Waals surface area contributed by atoms with Gasteiger partial charge in [-0.2, -0.15) is 13.1 Å². The van der Waals surface area contributed by atoms with Gasteiger partial charge >= 0.3 is 0 Å². The van der Waals surface area contributed by atoms with Crippen LogP contribution in [0.4, 0.5) is 0 Å². The zero-order valence-corrected chi connectivity index (χ0v) is 14.9. The minimum Gasteiger partial charge on any atom is -0.295 e. The van der Waals surface area contributed by atoms with E-state index in [9.17, 15) is 8.42 Å². The third kappa shape index (κ3) is 7.35. The zero-order valence-electron chi connectivity index (χ0n) is 14.0. The van der Waals surface area contributed by atoms with Gasteiger partial charge in [-0.1, -0.05) is 37.3 Å². The molecule has 0 bridgehead atoms. The molecular formula is C16H29N3O2S. The number of nitrogens with one attached hydrogen (secondary N) is 2. The van der Waals surface area contributed by atoms with Gasteiger partial charge in [0, 0.05) is 31.7 Å². The predicted molar refractivity (Wildman–Crippen MR) is 91.8 cm³/mol. The Morgan fingerprint density at radius 1 is 1.14 bits per heavy atom. The van der Waals surface area contributed by atoms with Crippen LogP contribution in [0.15, 0.2) is 30.3 Å². The van der Waals surface area contributed by atoms with E-state index in [4.69, 9.17) is 0 Å². The third-order valence-electron chi connectivity index (χ3n) is 3.37. The highest BCUT2D eigenvalue weighted by molar-refractivity contribution is 7.87. The van der Waals surface area contributed by atoms with Crippen molar-refractivity contribution in [2.45, 2.75) is 52.7 Å². The van der Waals surface area contributed by atoms with Crippen molar-refractivity contribution in [2.75, 3.05) is 13.1 Å². The van der Waals surface area contributed by atoms with Crippen LogP contribution in [0.5, 0.6) is 0 Å². The van der Waals surface area contributed by atoms with Gasteiger partial charge in [-0.15, -0.1) is 0 Å². The maximum Gasteiger partial charge on any atom is 0.277 e. The topological polar surface area (TPSA) is 61.4 Å². The molecule has 6 heteroatoms. The lowest BCUT2D eigenvalue weighted by atomic mass is 10.1. The molecule has 1 aromatic carbocycles. The lowest BCUT2D eigenvalue weighted by molar-refractivity contribution is 0.199. The molecule has 0 aliphatic rings. The van der Waals surface area contributed by atoms with E-state index in [1.54, 1.807) is 0 Å². The van der Waals surface area contributed by atoms with Crippen molar-refractivity contribution in [1.82, 2.24) is 14.3 Å². The molecule has 0 spiro atoms. The highest BCUT2D eigenvalue weighted by atomic mass is 32.2. The van der Waals surface area contributed by atoms with Crippen molar-refractivity contribution in [3.05, 3.63) is 35.9 Å². The van der Waals surface area contributed by atoms with Crippen molar-refractivity contribution < 1.29 is 8.42 Å². The van der Waals surface area contributed by atoms with E-state index in [1.165, 1.54) is 5.56 Å². The molecule has 2 N–H and O–H groups in total. The van der Waals surface area contributed by atoms with Gasteiger partial charge in [0.15, 0.2) is 0 Å². The van der Waals surface area contributed by atoms with E-state index < -0.39 is 10.2 Å². The number of hydrogen-bond acceptors (Lipinski definition) is 3. The quantitative estimate of drug-likeness (QED) is 0.692. The van der Waals surface area contributed by atoms with Crippen molar-refractivity contribution in [3.63, 3.8) is 0 Å². The van der Waals surface area contributed by atoms with Gasteiger partial charge in [0.2, 0.25) is 0 Å². The molecule has 0 heterocycles. The second-order valence-electron chi connectivity index (χ2n) is 5.93. The van der Waals surface area contributed by atoms with Gasteiger partial charge in [0.1, 0.15) is 0 Å². The predicted octanol–water partition coefficient (Wildman–Crippen LogP) is 2.12. The Hall–Kier alpha value is -0.950. The molecule has 0 saturated heterocycles. The lowest BCUT2D eigenvalue weighted by Crippen LogP contribution is -2.47. The minimum atomic E-state index is -3.41. The van der Waals surface area contributed by atoms with Crippen LogP contribution >= 0.6 is 0 Å². The zero-order chi connectivity index (χ0) is 16.6. The molecule has 126 valence electrons. The molecule has 0 fully saturated rings. The Morgan fingerprint density at radius 2 is 1.77 bits per heavy atom. The van der Waals surface area contributed by atoms with E-state index >= 15 is 0 Å². The molecular weight excluding hydrogens is 298 g/mol. The Balaban J connectivity index is 2.59. The Labute approximate surface area is 135 Å². The second-order valence-corrected chi connectivity index (χ2v) is 7.46. The molecule has 0 radical (unpaired) electrons. The summed E-state index contributed by atoms with van der Waals surface area (Å²) in [6, 6.07) is 10.4. The van der Waals surface area contributed by atoms with E-state index in [2.05, 4.69) is 40.3 Å². The smallest absolute Gasteiger partial charge is 0.277 e. The van der Waals surface area contributed by atoms with Gasteiger partial charge in [-0.05, 0) is 32.8 Å². The first kappa shape index (κ1) is 19.1. The summed E-state index contributed by atoms with van der Waals surface area (Å²) < 4.78 is 29.0. The van der Waals surface area contributed by atoms with Crippen molar-refractivity contribution in [1.29, 1.82) is 0 Å². The summed E-state index contributed by atoms with van der Waals surface area (Å²) in [6.45, 7) is 10.0. The van der Waals surface area contributed by atoms with Crippen LogP contribution < -0.4 is 9.44 Å². The summed E-state index contributed by atoms with van der Waals surface area (Å²) >= 11 is 0. The van der Waals surface area contributed by atoms with Gasteiger partial charge in [-0.3, -0.25) is 4.90 Å². The van der Waals surface area contributed by atoms with Crippen LogP contribution in [0, 0.1) is 0 Å². The van der Waals surface area contributed by atoms with Crippen molar-refractivity contribution in [2.24, 2.45) is 0 Å². The summed E-state index contributed by atoms with van der Waals surface area (Å²) in [4.78, 5) is 2.27. The number of hydrogen-bond donors (Lipinski definition) is 2. The molecule has 0 saturated carbocycles. The molecule has 1 rings (SSSR count). The normalized spacial score (nSPS) is 13.7. The highest BCUT2D eigenvalue weighted by Gasteiger charge is 2.18. The highest BCUT2D eigenvalue weighted by Crippen LogP contribution is 2.09. The monoisotopic (exact) mass is 327 g/mol. The Bertz CT molecular complexity index is 517. The van der Waals surface area contributed by atoms with Gasteiger partial charge in [-0.25, -0.2) is 4.72 Å². The summed E-state index contributed by atoms with van der Waals surface area (Å²) in [5, 5.41) is 0.